The summed E-state index contributed by atoms with van der Waals surface area (Å²) in [4.78, 5) is 11.1. The monoisotopic (exact) mass is 240 g/mol. The minimum absolute atomic E-state index is 0.772. The second-order valence-corrected chi connectivity index (χ2v) is 4.38. The molecule has 0 saturated carbocycles. The van der Waals surface area contributed by atoms with E-state index in [1.165, 1.54) is 11.3 Å². The van der Waals surface area contributed by atoms with E-state index in [0.29, 0.717) is 0 Å². The lowest BCUT2D eigenvalue weighted by Crippen LogP contribution is -2.26. The van der Waals surface area contributed by atoms with Gasteiger partial charge in [-0.3, -0.25) is 0 Å². The Bertz CT molecular complexity index is 553. The molecule has 1 N–H and O–H groups in total. The molecular formula is C14H16N4. The van der Waals surface area contributed by atoms with Gasteiger partial charge in [0.1, 0.15) is 5.82 Å². The van der Waals surface area contributed by atoms with Crippen molar-refractivity contribution in [3.05, 3.63) is 42.1 Å². The summed E-state index contributed by atoms with van der Waals surface area (Å²) in [5.41, 5.74) is 2.61. The van der Waals surface area contributed by atoms with Crippen LogP contribution >= 0.6 is 0 Å². The average molecular weight is 240 g/mol. The summed E-state index contributed by atoms with van der Waals surface area (Å²) in [6.45, 7) is 0.976. The van der Waals surface area contributed by atoms with Gasteiger partial charge in [0, 0.05) is 25.5 Å². The third-order valence-corrected chi connectivity index (χ3v) is 3.25. The van der Waals surface area contributed by atoms with E-state index in [0.717, 1.165) is 31.2 Å². The molecule has 0 aliphatic carbocycles. The number of anilines is 3. The smallest absolute Gasteiger partial charge is 0.231 e. The molecule has 4 heteroatoms. The van der Waals surface area contributed by atoms with Crippen LogP contribution in [0, 0.1) is 0 Å². The second-order valence-electron chi connectivity index (χ2n) is 4.38. The number of aryl methyl sites for hydroxylation is 1. The van der Waals surface area contributed by atoms with E-state index >= 15 is 0 Å². The van der Waals surface area contributed by atoms with Gasteiger partial charge in [-0.1, -0.05) is 18.2 Å². The van der Waals surface area contributed by atoms with Crippen LogP contribution in [0.15, 0.2) is 36.5 Å². The van der Waals surface area contributed by atoms with Crippen LogP contribution in [-0.2, 0) is 6.42 Å². The summed E-state index contributed by atoms with van der Waals surface area (Å²) in [5, 5.41) is 3.05. The van der Waals surface area contributed by atoms with Crippen LogP contribution in [0.2, 0.25) is 0 Å². The van der Waals surface area contributed by atoms with Crippen molar-refractivity contribution in [1.82, 2.24) is 9.97 Å². The van der Waals surface area contributed by atoms with Gasteiger partial charge in [0.15, 0.2) is 0 Å². The van der Waals surface area contributed by atoms with E-state index in [4.69, 9.17) is 0 Å². The van der Waals surface area contributed by atoms with Crippen molar-refractivity contribution in [2.24, 2.45) is 0 Å². The second kappa shape index (κ2) is 4.64. The van der Waals surface area contributed by atoms with Gasteiger partial charge in [-0.25, -0.2) is 4.98 Å². The Hall–Kier alpha value is -2.10. The predicted molar refractivity (Wildman–Crippen MR) is 73.3 cm³/mol. The number of benzene rings is 1. The zero-order valence-corrected chi connectivity index (χ0v) is 10.4. The molecule has 0 saturated heterocycles. The lowest BCUT2D eigenvalue weighted by atomic mass is 10.0. The van der Waals surface area contributed by atoms with Crippen molar-refractivity contribution in [2.45, 2.75) is 12.8 Å². The molecule has 1 aliphatic rings. The Balaban J connectivity index is 2.02. The molecule has 0 amide bonds. The first kappa shape index (κ1) is 11.0. The van der Waals surface area contributed by atoms with E-state index in [2.05, 4.69) is 44.5 Å². The largest absolute Gasteiger partial charge is 0.373 e. The number of fused-ring (bicyclic) bond motifs is 1. The molecule has 0 spiro atoms. The fourth-order valence-corrected chi connectivity index (χ4v) is 2.36. The third kappa shape index (κ3) is 1.90. The Morgan fingerprint density at radius 2 is 2.11 bits per heavy atom. The van der Waals surface area contributed by atoms with Crippen LogP contribution < -0.4 is 10.2 Å². The molecule has 1 aromatic heterocycles. The maximum atomic E-state index is 4.52. The topological polar surface area (TPSA) is 41.1 Å². The van der Waals surface area contributed by atoms with Gasteiger partial charge in [-0.15, -0.1) is 0 Å². The van der Waals surface area contributed by atoms with E-state index in [9.17, 15) is 0 Å². The third-order valence-electron chi connectivity index (χ3n) is 3.25. The summed E-state index contributed by atoms with van der Waals surface area (Å²) in [7, 11) is 1.87. The average Bonchev–Trinajstić information content (AvgIpc) is 2.47. The lowest BCUT2D eigenvalue weighted by Gasteiger charge is -2.29. The highest BCUT2D eigenvalue weighted by Gasteiger charge is 2.19. The molecular weight excluding hydrogens is 224 g/mol. The molecule has 0 fully saturated rings. The summed E-state index contributed by atoms with van der Waals surface area (Å²) in [5.74, 6) is 1.62. The minimum Gasteiger partial charge on any atom is -0.373 e. The van der Waals surface area contributed by atoms with Crippen LogP contribution in [0.25, 0.3) is 0 Å². The highest BCUT2D eigenvalue weighted by atomic mass is 15.3. The maximum Gasteiger partial charge on any atom is 0.231 e. The summed E-state index contributed by atoms with van der Waals surface area (Å²) >= 11 is 0. The molecule has 2 heterocycles. The SMILES string of the molecule is CNc1ccnc(N2CCCc3ccccc32)n1. The van der Waals surface area contributed by atoms with Crippen molar-refractivity contribution in [3.8, 4) is 0 Å². The highest BCUT2D eigenvalue weighted by Crippen LogP contribution is 2.31. The van der Waals surface area contributed by atoms with Crippen LogP contribution in [0.4, 0.5) is 17.5 Å². The summed E-state index contributed by atoms with van der Waals surface area (Å²) in [6.07, 6.45) is 4.08. The summed E-state index contributed by atoms with van der Waals surface area (Å²) < 4.78 is 0. The Labute approximate surface area is 107 Å². The Kier molecular flexibility index (Phi) is 2.84. The van der Waals surface area contributed by atoms with Crippen LogP contribution in [0.3, 0.4) is 0 Å². The van der Waals surface area contributed by atoms with Crippen molar-refractivity contribution in [2.75, 3.05) is 23.8 Å². The fourth-order valence-electron chi connectivity index (χ4n) is 2.36. The number of nitrogens with zero attached hydrogens (tertiary/aromatic N) is 3. The molecule has 1 aromatic carbocycles. The van der Waals surface area contributed by atoms with E-state index in [1.54, 1.807) is 6.20 Å². The zero-order chi connectivity index (χ0) is 12.4. The Morgan fingerprint density at radius 3 is 3.00 bits per heavy atom. The van der Waals surface area contributed by atoms with Gasteiger partial charge in [-0.05, 0) is 30.5 Å². The van der Waals surface area contributed by atoms with E-state index < -0.39 is 0 Å². The number of hydrogen-bond acceptors (Lipinski definition) is 4. The van der Waals surface area contributed by atoms with E-state index in [-0.39, 0.29) is 0 Å². The first-order valence-electron chi connectivity index (χ1n) is 6.25. The normalized spacial score (nSPS) is 14.2. The standard InChI is InChI=1S/C14H16N4/c1-15-13-8-9-16-14(17-13)18-10-4-6-11-5-2-3-7-12(11)18/h2-3,5,7-9H,4,6,10H2,1H3,(H,15,16,17). The number of rotatable bonds is 2. The number of aromatic nitrogens is 2. The highest BCUT2D eigenvalue weighted by molar-refractivity contribution is 5.64. The first-order chi connectivity index (χ1) is 8.88. The molecule has 0 bridgehead atoms. The molecule has 4 nitrogen and oxygen atoms in total. The van der Waals surface area contributed by atoms with Crippen LogP contribution in [-0.4, -0.2) is 23.6 Å². The molecule has 18 heavy (non-hydrogen) atoms. The zero-order valence-electron chi connectivity index (χ0n) is 10.4. The Morgan fingerprint density at radius 1 is 1.22 bits per heavy atom. The first-order valence-corrected chi connectivity index (χ1v) is 6.25. The number of hydrogen-bond donors (Lipinski definition) is 1. The molecule has 0 unspecified atom stereocenters. The van der Waals surface area contributed by atoms with Crippen molar-refractivity contribution >= 4 is 17.5 Å². The molecule has 0 atom stereocenters. The van der Waals surface area contributed by atoms with E-state index in [1.807, 2.05) is 13.1 Å². The quantitative estimate of drug-likeness (QED) is 0.876. The molecule has 0 radical (unpaired) electrons. The van der Waals surface area contributed by atoms with Gasteiger partial charge in [0.05, 0.1) is 0 Å². The van der Waals surface area contributed by atoms with Gasteiger partial charge >= 0.3 is 0 Å². The minimum atomic E-state index is 0.772. The fraction of sp³-hybridized carbons (Fsp3) is 0.286. The maximum absolute atomic E-state index is 4.52. The van der Waals surface area contributed by atoms with Crippen LogP contribution in [0.1, 0.15) is 12.0 Å². The predicted octanol–water partition coefficient (Wildman–Crippen LogP) is 2.60. The molecule has 1 aliphatic heterocycles. The number of para-hydroxylation sites is 1. The molecule has 3 rings (SSSR count). The number of nitrogens with one attached hydrogen (secondary N) is 1. The molecule has 2 aromatic rings. The van der Waals surface area contributed by atoms with Gasteiger partial charge in [0.25, 0.3) is 0 Å². The van der Waals surface area contributed by atoms with Crippen molar-refractivity contribution in [3.63, 3.8) is 0 Å². The van der Waals surface area contributed by atoms with Gasteiger partial charge in [0.2, 0.25) is 5.95 Å². The van der Waals surface area contributed by atoms with Gasteiger partial charge < -0.3 is 10.2 Å². The molecule has 92 valence electrons. The van der Waals surface area contributed by atoms with Crippen molar-refractivity contribution in [1.29, 1.82) is 0 Å². The van der Waals surface area contributed by atoms with Gasteiger partial charge in [-0.2, -0.15) is 4.98 Å². The van der Waals surface area contributed by atoms with Crippen LogP contribution in [0.5, 0.6) is 0 Å². The summed E-state index contributed by atoms with van der Waals surface area (Å²) in [6, 6.07) is 10.4. The van der Waals surface area contributed by atoms with Crippen molar-refractivity contribution < 1.29 is 0 Å². The lowest BCUT2D eigenvalue weighted by molar-refractivity contribution is 0.750.